The molecule has 3 nitrogen and oxygen atoms in total. The van der Waals surface area contributed by atoms with Crippen molar-refractivity contribution in [1.29, 1.82) is 0 Å². The van der Waals surface area contributed by atoms with Crippen LogP contribution in [0.4, 0.5) is 5.69 Å². The van der Waals surface area contributed by atoms with Gasteiger partial charge in [-0.3, -0.25) is 0 Å². The van der Waals surface area contributed by atoms with Crippen molar-refractivity contribution in [2.75, 3.05) is 25.1 Å². The molecular formula is C14H21NO2. The summed E-state index contributed by atoms with van der Waals surface area (Å²) in [6.07, 6.45) is 2.32. The van der Waals surface area contributed by atoms with Crippen LogP contribution in [-0.2, 0) is 4.74 Å². The number of rotatable bonds is 4. The smallest absolute Gasteiger partial charge is 0.0761 e. The second-order valence-electron chi connectivity index (χ2n) is 4.78. The third kappa shape index (κ3) is 3.20. The van der Waals surface area contributed by atoms with Gasteiger partial charge in [0, 0.05) is 25.9 Å². The zero-order valence-electron chi connectivity index (χ0n) is 10.6. The first kappa shape index (κ1) is 12.4. The second-order valence-corrected chi connectivity index (χ2v) is 4.78. The van der Waals surface area contributed by atoms with Gasteiger partial charge in [0.2, 0.25) is 0 Å². The standard InChI is InChI=1S/C14H21NO2/c1-11(16)12-5-7-13(8-6-12)15(2)10-14-4-3-9-17-14/h5-8,11,14,16H,3-4,9-10H2,1-2H3/t11-,14?/m0/s1. The molecule has 3 heteroatoms. The van der Waals surface area contributed by atoms with Gasteiger partial charge in [-0.05, 0) is 37.5 Å². The molecule has 1 fully saturated rings. The number of ether oxygens (including phenoxy) is 1. The van der Waals surface area contributed by atoms with E-state index in [1.165, 1.54) is 12.1 Å². The summed E-state index contributed by atoms with van der Waals surface area (Å²) in [6, 6.07) is 8.06. The fraction of sp³-hybridized carbons (Fsp3) is 0.571. The molecule has 1 aliphatic heterocycles. The molecule has 0 radical (unpaired) electrons. The molecule has 1 saturated heterocycles. The van der Waals surface area contributed by atoms with Crippen LogP contribution in [0, 0.1) is 0 Å². The van der Waals surface area contributed by atoms with Crippen molar-refractivity contribution in [3.63, 3.8) is 0 Å². The van der Waals surface area contributed by atoms with E-state index in [1.54, 1.807) is 6.92 Å². The van der Waals surface area contributed by atoms with E-state index in [0.717, 1.165) is 25.1 Å². The summed E-state index contributed by atoms with van der Waals surface area (Å²) in [5, 5.41) is 9.45. The Morgan fingerprint density at radius 1 is 1.41 bits per heavy atom. The molecule has 1 unspecified atom stereocenters. The minimum absolute atomic E-state index is 0.372. The maximum absolute atomic E-state index is 9.45. The summed E-state index contributed by atoms with van der Waals surface area (Å²) in [6.45, 7) is 3.62. The Kier molecular flexibility index (Phi) is 4.02. The van der Waals surface area contributed by atoms with E-state index < -0.39 is 6.10 Å². The van der Waals surface area contributed by atoms with Crippen molar-refractivity contribution < 1.29 is 9.84 Å². The monoisotopic (exact) mass is 235 g/mol. The lowest BCUT2D eigenvalue weighted by molar-refractivity contribution is 0.116. The molecule has 0 aromatic heterocycles. The van der Waals surface area contributed by atoms with E-state index in [0.29, 0.717) is 6.10 Å². The van der Waals surface area contributed by atoms with Crippen LogP contribution in [-0.4, -0.2) is 31.4 Å². The van der Waals surface area contributed by atoms with Gasteiger partial charge >= 0.3 is 0 Å². The molecule has 0 amide bonds. The molecule has 2 atom stereocenters. The number of hydrogen-bond acceptors (Lipinski definition) is 3. The van der Waals surface area contributed by atoms with E-state index in [4.69, 9.17) is 4.74 Å². The van der Waals surface area contributed by atoms with Crippen LogP contribution < -0.4 is 4.90 Å². The molecular weight excluding hydrogens is 214 g/mol. The molecule has 0 aliphatic carbocycles. The highest BCUT2D eigenvalue weighted by atomic mass is 16.5. The SMILES string of the molecule is C[C@H](O)c1ccc(N(C)CC2CCCO2)cc1. The summed E-state index contributed by atoms with van der Waals surface area (Å²) in [5.41, 5.74) is 2.13. The Bertz CT molecular complexity index is 342. The lowest BCUT2D eigenvalue weighted by atomic mass is 10.1. The largest absolute Gasteiger partial charge is 0.389 e. The first-order valence-corrected chi connectivity index (χ1v) is 6.27. The maximum Gasteiger partial charge on any atom is 0.0761 e. The Morgan fingerprint density at radius 3 is 2.65 bits per heavy atom. The quantitative estimate of drug-likeness (QED) is 0.869. The predicted molar refractivity (Wildman–Crippen MR) is 69.3 cm³/mol. The Labute approximate surface area is 103 Å². The molecule has 2 rings (SSSR count). The third-order valence-electron chi connectivity index (χ3n) is 3.32. The van der Waals surface area contributed by atoms with Gasteiger partial charge in [-0.1, -0.05) is 12.1 Å². The van der Waals surface area contributed by atoms with Gasteiger partial charge < -0.3 is 14.7 Å². The number of anilines is 1. The van der Waals surface area contributed by atoms with Crippen molar-refractivity contribution in [3.05, 3.63) is 29.8 Å². The second kappa shape index (κ2) is 5.52. The topological polar surface area (TPSA) is 32.7 Å². The minimum Gasteiger partial charge on any atom is -0.389 e. The number of hydrogen-bond donors (Lipinski definition) is 1. The van der Waals surface area contributed by atoms with E-state index in [9.17, 15) is 5.11 Å². The van der Waals surface area contributed by atoms with E-state index >= 15 is 0 Å². The number of benzene rings is 1. The van der Waals surface area contributed by atoms with Gasteiger partial charge in [0.05, 0.1) is 12.2 Å². The number of likely N-dealkylation sites (N-methyl/N-ethyl adjacent to an activating group) is 1. The van der Waals surface area contributed by atoms with Crippen LogP contribution in [0.25, 0.3) is 0 Å². The van der Waals surface area contributed by atoms with Crippen molar-refractivity contribution in [3.8, 4) is 0 Å². The van der Waals surface area contributed by atoms with Gasteiger partial charge in [0.15, 0.2) is 0 Å². The van der Waals surface area contributed by atoms with E-state index in [1.807, 2.05) is 12.1 Å². The minimum atomic E-state index is -0.396. The van der Waals surface area contributed by atoms with Crippen LogP contribution in [0.15, 0.2) is 24.3 Å². The fourth-order valence-corrected chi connectivity index (χ4v) is 2.21. The highest BCUT2D eigenvalue weighted by Gasteiger charge is 2.17. The van der Waals surface area contributed by atoms with Gasteiger partial charge in [-0.15, -0.1) is 0 Å². The fourth-order valence-electron chi connectivity index (χ4n) is 2.21. The predicted octanol–water partition coefficient (Wildman–Crippen LogP) is 2.36. The number of aliphatic hydroxyl groups is 1. The molecule has 94 valence electrons. The maximum atomic E-state index is 9.45. The summed E-state index contributed by atoms with van der Waals surface area (Å²) < 4.78 is 5.63. The lowest BCUT2D eigenvalue weighted by Crippen LogP contribution is -2.28. The van der Waals surface area contributed by atoms with Gasteiger partial charge in [0.25, 0.3) is 0 Å². The Hall–Kier alpha value is -1.06. The molecule has 0 spiro atoms. The van der Waals surface area contributed by atoms with Crippen molar-refractivity contribution >= 4 is 5.69 Å². The van der Waals surface area contributed by atoms with E-state index in [-0.39, 0.29) is 0 Å². The average molecular weight is 235 g/mol. The highest BCUT2D eigenvalue weighted by molar-refractivity contribution is 5.47. The van der Waals surface area contributed by atoms with Crippen LogP contribution >= 0.6 is 0 Å². The van der Waals surface area contributed by atoms with Crippen molar-refractivity contribution in [2.24, 2.45) is 0 Å². The molecule has 1 aromatic rings. The first-order chi connectivity index (χ1) is 8.16. The molecule has 17 heavy (non-hydrogen) atoms. The molecule has 1 N–H and O–H groups in total. The zero-order chi connectivity index (χ0) is 12.3. The van der Waals surface area contributed by atoms with Gasteiger partial charge in [-0.2, -0.15) is 0 Å². The Balaban J connectivity index is 1.96. The average Bonchev–Trinajstić information content (AvgIpc) is 2.82. The van der Waals surface area contributed by atoms with Crippen LogP contribution in [0.5, 0.6) is 0 Å². The lowest BCUT2D eigenvalue weighted by Gasteiger charge is -2.23. The first-order valence-electron chi connectivity index (χ1n) is 6.27. The molecule has 1 aromatic carbocycles. The summed E-state index contributed by atoms with van der Waals surface area (Å²) in [5.74, 6) is 0. The number of aliphatic hydroxyl groups excluding tert-OH is 1. The zero-order valence-corrected chi connectivity index (χ0v) is 10.6. The van der Waals surface area contributed by atoms with E-state index in [2.05, 4.69) is 24.1 Å². The Morgan fingerprint density at radius 2 is 2.12 bits per heavy atom. The normalized spacial score (nSPS) is 21.5. The van der Waals surface area contributed by atoms with Gasteiger partial charge in [-0.25, -0.2) is 0 Å². The summed E-state index contributed by atoms with van der Waals surface area (Å²) >= 11 is 0. The highest BCUT2D eigenvalue weighted by Crippen LogP contribution is 2.20. The van der Waals surface area contributed by atoms with Crippen LogP contribution in [0.1, 0.15) is 31.4 Å². The molecule has 0 saturated carbocycles. The molecule has 1 aliphatic rings. The summed E-state index contributed by atoms with van der Waals surface area (Å²) in [7, 11) is 2.08. The molecule has 0 bridgehead atoms. The van der Waals surface area contributed by atoms with Crippen LogP contribution in [0.3, 0.4) is 0 Å². The van der Waals surface area contributed by atoms with Gasteiger partial charge in [0.1, 0.15) is 0 Å². The van der Waals surface area contributed by atoms with Crippen molar-refractivity contribution in [2.45, 2.75) is 32.0 Å². The molecule has 1 heterocycles. The van der Waals surface area contributed by atoms with Crippen LogP contribution in [0.2, 0.25) is 0 Å². The number of nitrogens with zero attached hydrogens (tertiary/aromatic N) is 1. The van der Waals surface area contributed by atoms with Crippen molar-refractivity contribution in [1.82, 2.24) is 0 Å². The summed E-state index contributed by atoms with van der Waals surface area (Å²) in [4.78, 5) is 2.21. The third-order valence-corrected chi connectivity index (χ3v) is 3.32.